The molecule has 0 aliphatic carbocycles. The standard InChI is InChI=1S/C15H19N3/c1-3-18(12-14-8-4-6-10-16-14)13(2)15-9-5-7-11-17-15/h4-11,13H,3,12H2,1-2H3/t13-/m0/s1. The second-order valence-corrected chi connectivity index (χ2v) is 4.31. The van der Waals surface area contributed by atoms with Gasteiger partial charge in [-0.1, -0.05) is 19.1 Å². The smallest absolute Gasteiger partial charge is 0.0572 e. The molecule has 0 saturated heterocycles. The second kappa shape index (κ2) is 6.26. The van der Waals surface area contributed by atoms with E-state index in [1.165, 1.54) is 0 Å². The van der Waals surface area contributed by atoms with E-state index in [2.05, 4.69) is 40.8 Å². The first kappa shape index (κ1) is 12.7. The third-order valence-corrected chi connectivity index (χ3v) is 3.16. The van der Waals surface area contributed by atoms with Crippen LogP contribution in [-0.2, 0) is 6.54 Å². The van der Waals surface area contributed by atoms with Crippen LogP contribution in [0.15, 0.2) is 48.8 Å². The SMILES string of the molecule is CCN(Cc1ccccn1)[C@@H](C)c1ccccn1. The molecule has 0 fully saturated rings. The maximum atomic E-state index is 4.43. The molecule has 2 heterocycles. The van der Waals surface area contributed by atoms with E-state index in [1.807, 2.05) is 36.7 Å². The molecule has 94 valence electrons. The molecule has 18 heavy (non-hydrogen) atoms. The number of pyridine rings is 2. The summed E-state index contributed by atoms with van der Waals surface area (Å²) in [7, 11) is 0. The first-order valence-electron chi connectivity index (χ1n) is 6.36. The van der Waals surface area contributed by atoms with E-state index in [0.717, 1.165) is 24.5 Å². The summed E-state index contributed by atoms with van der Waals surface area (Å²) in [4.78, 5) is 11.2. The molecule has 0 spiro atoms. The zero-order valence-electron chi connectivity index (χ0n) is 11.0. The van der Waals surface area contributed by atoms with Crippen molar-refractivity contribution in [2.45, 2.75) is 26.4 Å². The molecule has 0 N–H and O–H groups in total. The van der Waals surface area contributed by atoms with E-state index in [4.69, 9.17) is 0 Å². The van der Waals surface area contributed by atoms with Crippen molar-refractivity contribution in [3.63, 3.8) is 0 Å². The highest BCUT2D eigenvalue weighted by Crippen LogP contribution is 2.19. The van der Waals surface area contributed by atoms with Gasteiger partial charge in [0.25, 0.3) is 0 Å². The summed E-state index contributed by atoms with van der Waals surface area (Å²) < 4.78 is 0. The van der Waals surface area contributed by atoms with Gasteiger partial charge < -0.3 is 0 Å². The Labute approximate surface area is 109 Å². The summed E-state index contributed by atoms with van der Waals surface area (Å²) in [5, 5.41) is 0. The van der Waals surface area contributed by atoms with Crippen LogP contribution >= 0.6 is 0 Å². The molecular weight excluding hydrogens is 222 g/mol. The Hall–Kier alpha value is -1.74. The Balaban J connectivity index is 2.09. The molecule has 0 radical (unpaired) electrons. The van der Waals surface area contributed by atoms with Crippen molar-refractivity contribution >= 4 is 0 Å². The normalized spacial score (nSPS) is 12.6. The Morgan fingerprint density at radius 1 is 1.06 bits per heavy atom. The van der Waals surface area contributed by atoms with Crippen LogP contribution in [0.5, 0.6) is 0 Å². The van der Waals surface area contributed by atoms with Gasteiger partial charge in [-0.25, -0.2) is 0 Å². The monoisotopic (exact) mass is 241 g/mol. The zero-order valence-corrected chi connectivity index (χ0v) is 11.0. The highest BCUT2D eigenvalue weighted by atomic mass is 15.2. The summed E-state index contributed by atoms with van der Waals surface area (Å²) in [5.41, 5.74) is 2.21. The van der Waals surface area contributed by atoms with Crippen LogP contribution < -0.4 is 0 Å². The van der Waals surface area contributed by atoms with Gasteiger partial charge in [0, 0.05) is 25.0 Å². The van der Waals surface area contributed by atoms with Crippen molar-refractivity contribution in [3.8, 4) is 0 Å². The van der Waals surface area contributed by atoms with E-state index in [9.17, 15) is 0 Å². The molecular formula is C15H19N3. The number of aromatic nitrogens is 2. The Bertz CT molecular complexity index is 456. The topological polar surface area (TPSA) is 29.0 Å². The number of hydrogen-bond donors (Lipinski definition) is 0. The molecule has 0 bridgehead atoms. The minimum atomic E-state index is 0.304. The molecule has 0 saturated carbocycles. The van der Waals surface area contributed by atoms with Gasteiger partial charge in [-0.2, -0.15) is 0 Å². The highest BCUT2D eigenvalue weighted by molar-refractivity contribution is 5.09. The minimum absolute atomic E-state index is 0.304. The molecule has 3 nitrogen and oxygen atoms in total. The average Bonchev–Trinajstić information content (AvgIpc) is 2.46. The van der Waals surface area contributed by atoms with Gasteiger partial charge >= 0.3 is 0 Å². The van der Waals surface area contributed by atoms with Crippen LogP contribution in [0, 0.1) is 0 Å². The van der Waals surface area contributed by atoms with Crippen LogP contribution in [0.1, 0.15) is 31.3 Å². The van der Waals surface area contributed by atoms with Crippen molar-refractivity contribution in [3.05, 3.63) is 60.2 Å². The van der Waals surface area contributed by atoms with Gasteiger partial charge in [-0.3, -0.25) is 14.9 Å². The molecule has 0 aromatic carbocycles. The summed E-state index contributed by atoms with van der Waals surface area (Å²) in [6, 6.07) is 12.4. The second-order valence-electron chi connectivity index (χ2n) is 4.31. The van der Waals surface area contributed by atoms with Gasteiger partial charge in [-0.05, 0) is 37.7 Å². The summed E-state index contributed by atoms with van der Waals surface area (Å²) in [6.07, 6.45) is 3.69. The van der Waals surface area contributed by atoms with Crippen molar-refractivity contribution < 1.29 is 0 Å². The van der Waals surface area contributed by atoms with Gasteiger partial charge in [-0.15, -0.1) is 0 Å². The lowest BCUT2D eigenvalue weighted by Crippen LogP contribution is -2.27. The van der Waals surface area contributed by atoms with E-state index >= 15 is 0 Å². The third-order valence-electron chi connectivity index (χ3n) is 3.16. The fourth-order valence-electron chi connectivity index (χ4n) is 2.03. The molecule has 0 aliphatic rings. The van der Waals surface area contributed by atoms with Crippen molar-refractivity contribution in [2.24, 2.45) is 0 Å². The maximum Gasteiger partial charge on any atom is 0.0572 e. The Morgan fingerprint density at radius 2 is 1.78 bits per heavy atom. The van der Waals surface area contributed by atoms with E-state index < -0.39 is 0 Å². The lowest BCUT2D eigenvalue weighted by Gasteiger charge is -2.26. The molecule has 0 unspecified atom stereocenters. The number of hydrogen-bond acceptors (Lipinski definition) is 3. The largest absolute Gasteiger partial charge is 0.290 e. The lowest BCUT2D eigenvalue weighted by molar-refractivity contribution is 0.207. The molecule has 2 rings (SSSR count). The van der Waals surface area contributed by atoms with Crippen LogP contribution in [0.25, 0.3) is 0 Å². The van der Waals surface area contributed by atoms with Gasteiger partial charge in [0.2, 0.25) is 0 Å². The lowest BCUT2D eigenvalue weighted by atomic mass is 10.1. The average molecular weight is 241 g/mol. The molecule has 0 amide bonds. The van der Waals surface area contributed by atoms with E-state index in [-0.39, 0.29) is 0 Å². The predicted molar refractivity (Wildman–Crippen MR) is 73.0 cm³/mol. The minimum Gasteiger partial charge on any atom is -0.290 e. The van der Waals surface area contributed by atoms with Crippen LogP contribution in [-0.4, -0.2) is 21.4 Å². The quantitative estimate of drug-likeness (QED) is 0.805. The summed E-state index contributed by atoms with van der Waals surface area (Å²) >= 11 is 0. The maximum absolute atomic E-state index is 4.43. The highest BCUT2D eigenvalue weighted by Gasteiger charge is 2.15. The van der Waals surface area contributed by atoms with Crippen molar-refractivity contribution in [1.82, 2.24) is 14.9 Å². The molecule has 2 aromatic heterocycles. The van der Waals surface area contributed by atoms with E-state index in [0.29, 0.717) is 6.04 Å². The van der Waals surface area contributed by atoms with Crippen LogP contribution in [0.2, 0.25) is 0 Å². The number of rotatable bonds is 5. The molecule has 3 heteroatoms. The predicted octanol–water partition coefficient (Wildman–Crippen LogP) is 3.06. The van der Waals surface area contributed by atoms with Gasteiger partial charge in [0.05, 0.1) is 11.4 Å². The fraction of sp³-hybridized carbons (Fsp3) is 0.333. The summed E-state index contributed by atoms with van der Waals surface area (Å²) in [5.74, 6) is 0. The van der Waals surface area contributed by atoms with Crippen LogP contribution in [0.3, 0.4) is 0 Å². The number of nitrogens with zero attached hydrogens (tertiary/aromatic N) is 3. The summed E-state index contributed by atoms with van der Waals surface area (Å²) in [6.45, 7) is 6.19. The van der Waals surface area contributed by atoms with Crippen molar-refractivity contribution in [1.29, 1.82) is 0 Å². The zero-order chi connectivity index (χ0) is 12.8. The molecule has 0 aliphatic heterocycles. The Kier molecular flexibility index (Phi) is 4.42. The third kappa shape index (κ3) is 3.14. The first-order valence-corrected chi connectivity index (χ1v) is 6.36. The van der Waals surface area contributed by atoms with Crippen LogP contribution in [0.4, 0.5) is 0 Å². The molecule has 2 aromatic rings. The Morgan fingerprint density at radius 3 is 2.33 bits per heavy atom. The van der Waals surface area contributed by atoms with Gasteiger partial charge in [0.1, 0.15) is 0 Å². The van der Waals surface area contributed by atoms with E-state index in [1.54, 1.807) is 0 Å². The first-order chi connectivity index (χ1) is 8.81. The van der Waals surface area contributed by atoms with Crippen molar-refractivity contribution in [2.75, 3.05) is 6.54 Å². The fourth-order valence-corrected chi connectivity index (χ4v) is 2.03. The van der Waals surface area contributed by atoms with Gasteiger partial charge in [0.15, 0.2) is 0 Å². The molecule has 1 atom stereocenters.